The third-order valence-corrected chi connectivity index (χ3v) is 3.35. The number of aromatic nitrogens is 1. The molecule has 0 atom stereocenters. The van der Waals surface area contributed by atoms with E-state index >= 15 is 0 Å². The minimum atomic E-state index is -0.538. The van der Waals surface area contributed by atoms with Crippen LogP contribution in [0.5, 0.6) is 5.75 Å². The molecule has 0 bridgehead atoms. The minimum Gasteiger partial charge on any atom is -0.497 e. The predicted octanol–water partition coefficient (Wildman–Crippen LogP) is 3.01. The standard InChI is InChI=1S/C16H12N2O5/c1-22-14-8-6-12(7-9-14)17-10-15(23-16(17)19)11-2-4-13(5-3-11)18(20)21/h2-10H,1H3. The van der Waals surface area contributed by atoms with Crippen LogP contribution in [0, 0.1) is 10.1 Å². The molecule has 3 rings (SSSR count). The summed E-state index contributed by atoms with van der Waals surface area (Å²) in [6.45, 7) is 0. The predicted molar refractivity (Wildman–Crippen MR) is 82.9 cm³/mol. The van der Waals surface area contributed by atoms with Crippen molar-refractivity contribution in [1.82, 2.24) is 4.57 Å². The van der Waals surface area contributed by atoms with Crippen molar-refractivity contribution in [2.24, 2.45) is 0 Å². The number of nitro benzene ring substituents is 1. The molecule has 7 nitrogen and oxygen atoms in total. The summed E-state index contributed by atoms with van der Waals surface area (Å²) < 4.78 is 11.7. The van der Waals surface area contributed by atoms with Gasteiger partial charge in [0.05, 0.1) is 23.9 Å². The Morgan fingerprint density at radius 3 is 2.30 bits per heavy atom. The van der Waals surface area contributed by atoms with E-state index in [2.05, 4.69) is 0 Å². The van der Waals surface area contributed by atoms with Gasteiger partial charge in [-0.1, -0.05) is 0 Å². The highest BCUT2D eigenvalue weighted by Gasteiger charge is 2.11. The number of nitrogens with zero attached hydrogens (tertiary/aromatic N) is 2. The molecular weight excluding hydrogens is 300 g/mol. The maximum Gasteiger partial charge on any atom is 0.424 e. The second-order valence-corrected chi connectivity index (χ2v) is 4.73. The molecule has 1 aromatic heterocycles. The molecule has 0 aliphatic heterocycles. The lowest BCUT2D eigenvalue weighted by Crippen LogP contribution is -2.10. The molecule has 0 saturated carbocycles. The van der Waals surface area contributed by atoms with E-state index in [-0.39, 0.29) is 5.69 Å². The summed E-state index contributed by atoms with van der Waals surface area (Å²) >= 11 is 0. The normalized spacial score (nSPS) is 10.5. The Morgan fingerprint density at radius 2 is 1.74 bits per heavy atom. The molecule has 0 aliphatic carbocycles. The van der Waals surface area contributed by atoms with Gasteiger partial charge in [0.2, 0.25) is 0 Å². The van der Waals surface area contributed by atoms with E-state index in [1.54, 1.807) is 37.6 Å². The average Bonchev–Trinajstić information content (AvgIpc) is 2.97. The molecule has 0 aliphatic rings. The molecule has 0 radical (unpaired) electrons. The lowest BCUT2D eigenvalue weighted by Gasteiger charge is -2.02. The number of non-ortho nitro benzene ring substituents is 1. The first-order chi connectivity index (χ1) is 11.1. The summed E-state index contributed by atoms with van der Waals surface area (Å²) in [5.74, 6) is 0.477. The fourth-order valence-corrected chi connectivity index (χ4v) is 2.14. The Hall–Kier alpha value is -3.35. The van der Waals surface area contributed by atoms with Gasteiger partial charge in [0.1, 0.15) is 5.75 Å². The Morgan fingerprint density at radius 1 is 1.09 bits per heavy atom. The van der Waals surface area contributed by atoms with Gasteiger partial charge in [-0.05, 0) is 36.4 Å². The molecule has 0 saturated heterocycles. The van der Waals surface area contributed by atoms with E-state index in [4.69, 9.17) is 9.15 Å². The van der Waals surface area contributed by atoms with E-state index in [0.29, 0.717) is 22.8 Å². The molecule has 3 aromatic rings. The van der Waals surface area contributed by atoms with Crippen LogP contribution in [0.4, 0.5) is 5.69 Å². The van der Waals surface area contributed by atoms with E-state index in [1.165, 1.54) is 28.8 Å². The molecule has 116 valence electrons. The van der Waals surface area contributed by atoms with Crippen molar-refractivity contribution in [1.29, 1.82) is 0 Å². The fourth-order valence-electron chi connectivity index (χ4n) is 2.14. The second kappa shape index (κ2) is 5.80. The molecule has 0 fully saturated rings. The highest BCUT2D eigenvalue weighted by Crippen LogP contribution is 2.23. The number of hydrogen-bond donors (Lipinski definition) is 0. The summed E-state index contributed by atoms with van der Waals surface area (Å²) in [5, 5.41) is 10.7. The van der Waals surface area contributed by atoms with Crippen LogP contribution in [-0.4, -0.2) is 16.6 Å². The van der Waals surface area contributed by atoms with Gasteiger partial charge in [-0.2, -0.15) is 0 Å². The molecule has 23 heavy (non-hydrogen) atoms. The zero-order valence-corrected chi connectivity index (χ0v) is 12.1. The summed E-state index contributed by atoms with van der Waals surface area (Å²) in [5.41, 5.74) is 1.19. The van der Waals surface area contributed by atoms with Crippen LogP contribution in [0.15, 0.2) is 63.9 Å². The molecular formula is C16H12N2O5. The lowest BCUT2D eigenvalue weighted by molar-refractivity contribution is -0.384. The molecule has 0 unspecified atom stereocenters. The number of nitro groups is 1. The van der Waals surface area contributed by atoms with Crippen LogP contribution in [0.1, 0.15) is 0 Å². The number of methoxy groups -OCH3 is 1. The van der Waals surface area contributed by atoms with Gasteiger partial charge < -0.3 is 9.15 Å². The zero-order chi connectivity index (χ0) is 16.4. The van der Waals surface area contributed by atoms with Gasteiger partial charge in [0, 0.05) is 17.7 Å². The van der Waals surface area contributed by atoms with Gasteiger partial charge in [-0.15, -0.1) is 0 Å². The van der Waals surface area contributed by atoms with E-state index in [1.807, 2.05) is 0 Å². The Balaban J connectivity index is 1.96. The van der Waals surface area contributed by atoms with Crippen LogP contribution in [0.3, 0.4) is 0 Å². The van der Waals surface area contributed by atoms with Crippen molar-refractivity contribution in [2.45, 2.75) is 0 Å². The Bertz CT molecular complexity index is 891. The highest BCUT2D eigenvalue weighted by atomic mass is 16.6. The topological polar surface area (TPSA) is 87.5 Å². The van der Waals surface area contributed by atoms with Crippen molar-refractivity contribution in [3.63, 3.8) is 0 Å². The van der Waals surface area contributed by atoms with E-state index in [0.717, 1.165) is 0 Å². The van der Waals surface area contributed by atoms with Gasteiger partial charge in [-0.25, -0.2) is 9.36 Å². The molecule has 2 aromatic carbocycles. The fraction of sp³-hybridized carbons (Fsp3) is 0.0625. The quantitative estimate of drug-likeness (QED) is 0.546. The average molecular weight is 312 g/mol. The molecule has 7 heteroatoms. The van der Waals surface area contributed by atoms with Crippen molar-refractivity contribution in [3.8, 4) is 22.8 Å². The SMILES string of the molecule is COc1ccc(-n2cc(-c3ccc([N+](=O)[O-])cc3)oc2=O)cc1. The Labute approximate surface area is 130 Å². The number of rotatable bonds is 4. The van der Waals surface area contributed by atoms with E-state index < -0.39 is 10.7 Å². The second-order valence-electron chi connectivity index (χ2n) is 4.73. The molecule has 0 N–H and O–H groups in total. The summed E-state index contributed by atoms with van der Waals surface area (Å²) in [4.78, 5) is 22.2. The van der Waals surface area contributed by atoms with E-state index in [9.17, 15) is 14.9 Å². The summed E-state index contributed by atoms with van der Waals surface area (Å²) in [6, 6.07) is 12.7. The van der Waals surface area contributed by atoms with Crippen LogP contribution in [-0.2, 0) is 0 Å². The smallest absolute Gasteiger partial charge is 0.424 e. The van der Waals surface area contributed by atoms with Gasteiger partial charge in [0.25, 0.3) is 5.69 Å². The number of benzene rings is 2. The molecule has 1 heterocycles. The number of ether oxygens (including phenoxy) is 1. The largest absolute Gasteiger partial charge is 0.497 e. The molecule has 0 amide bonds. The lowest BCUT2D eigenvalue weighted by atomic mass is 10.2. The van der Waals surface area contributed by atoms with Gasteiger partial charge in [-0.3, -0.25) is 10.1 Å². The maximum absolute atomic E-state index is 12.0. The van der Waals surface area contributed by atoms with Crippen molar-refractivity contribution >= 4 is 5.69 Å². The van der Waals surface area contributed by atoms with Gasteiger partial charge in [0.15, 0.2) is 5.76 Å². The monoisotopic (exact) mass is 312 g/mol. The third kappa shape index (κ3) is 2.84. The van der Waals surface area contributed by atoms with Crippen LogP contribution < -0.4 is 10.5 Å². The maximum atomic E-state index is 12.0. The summed E-state index contributed by atoms with van der Waals surface area (Å²) in [7, 11) is 1.56. The van der Waals surface area contributed by atoms with Crippen LogP contribution in [0.25, 0.3) is 17.0 Å². The van der Waals surface area contributed by atoms with Crippen LogP contribution in [0.2, 0.25) is 0 Å². The van der Waals surface area contributed by atoms with Crippen molar-refractivity contribution in [3.05, 3.63) is 75.4 Å². The van der Waals surface area contributed by atoms with Crippen molar-refractivity contribution < 1.29 is 14.1 Å². The Kier molecular flexibility index (Phi) is 3.68. The number of hydrogen-bond acceptors (Lipinski definition) is 5. The first-order valence-electron chi connectivity index (χ1n) is 6.70. The zero-order valence-electron chi connectivity index (χ0n) is 12.1. The highest BCUT2D eigenvalue weighted by molar-refractivity contribution is 5.59. The van der Waals surface area contributed by atoms with Crippen molar-refractivity contribution in [2.75, 3.05) is 7.11 Å². The molecule has 0 spiro atoms. The number of oxazole rings is 1. The minimum absolute atomic E-state index is 0.0225. The summed E-state index contributed by atoms with van der Waals surface area (Å²) in [6.07, 6.45) is 1.55. The van der Waals surface area contributed by atoms with Crippen LogP contribution >= 0.6 is 0 Å². The first-order valence-corrected chi connectivity index (χ1v) is 6.70. The van der Waals surface area contributed by atoms with Gasteiger partial charge >= 0.3 is 5.76 Å². The first kappa shape index (κ1) is 14.6. The third-order valence-electron chi connectivity index (χ3n) is 3.35.